The molecule has 6 nitrogen and oxygen atoms in total. The average Bonchev–Trinajstić information content (AvgIpc) is 3.45. The molecular weight excluding hydrogens is 591 g/mol. The third-order valence-corrected chi connectivity index (χ3v) is 7.48. The van der Waals surface area contributed by atoms with Crippen molar-refractivity contribution in [2.24, 2.45) is 5.73 Å². The molecule has 5 aromatic rings. The number of rotatable bonds is 15. The van der Waals surface area contributed by atoms with Gasteiger partial charge in [-0.1, -0.05) is 97.1 Å². The Morgan fingerprint density at radius 2 is 1.33 bits per heavy atom. The molecular formula is C37H36F3N3O3. The maximum atomic E-state index is 13.4. The lowest BCUT2D eigenvalue weighted by Crippen LogP contribution is -2.12. The maximum absolute atomic E-state index is 13.4. The van der Waals surface area contributed by atoms with Gasteiger partial charge in [0.25, 0.3) is 0 Å². The van der Waals surface area contributed by atoms with Gasteiger partial charge in [-0.25, -0.2) is 4.98 Å². The third-order valence-electron chi connectivity index (χ3n) is 7.48. The van der Waals surface area contributed by atoms with Crippen molar-refractivity contribution < 1.29 is 27.4 Å². The third kappa shape index (κ3) is 8.37. The average molecular weight is 628 g/mol. The molecule has 238 valence electrons. The number of nitrogens with two attached hydrogens (primary N) is 1. The summed E-state index contributed by atoms with van der Waals surface area (Å²) in [5.74, 6) is 0.568. The molecule has 0 unspecified atom stereocenters. The first-order chi connectivity index (χ1) is 22.3. The number of imidazole rings is 1. The van der Waals surface area contributed by atoms with Gasteiger partial charge in [0.1, 0.15) is 5.82 Å². The van der Waals surface area contributed by atoms with Gasteiger partial charge in [-0.05, 0) is 24.1 Å². The number of nitrogens with zero attached hydrogens (tertiary/aromatic N) is 2. The Morgan fingerprint density at radius 1 is 0.717 bits per heavy atom. The zero-order chi connectivity index (χ0) is 32.4. The monoisotopic (exact) mass is 627 g/mol. The van der Waals surface area contributed by atoms with Crippen LogP contribution in [-0.2, 0) is 22.2 Å². The lowest BCUT2D eigenvalue weighted by molar-refractivity contribution is -0.137. The minimum Gasteiger partial charge on any atom is -0.379 e. The van der Waals surface area contributed by atoms with Crippen LogP contribution >= 0.6 is 0 Å². The maximum Gasteiger partial charge on any atom is 0.416 e. The molecule has 9 heteroatoms. The van der Waals surface area contributed by atoms with E-state index in [1.54, 1.807) is 0 Å². The molecule has 0 aliphatic carbocycles. The molecule has 0 saturated carbocycles. The highest BCUT2D eigenvalue weighted by atomic mass is 19.4. The summed E-state index contributed by atoms with van der Waals surface area (Å²) in [6, 6.07) is 32.1. The van der Waals surface area contributed by atoms with Gasteiger partial charge in [-0.15, -0.1) is 0 Å². The second-order valence-corrected chi connectivity index (χ2v) is 10.8. The number of hydrogen-bond acceptors (Lipinski definition) is 5. The van der Waals surface area contributed by atoms with Crippen molar-refractivity contribution in [3.05, 3.63) is 126 Å². The van der Waals surface area contributed by atoms with E-state index in [4.69, 9.17) is 20.2 Å². The molecule has 0 atom stereocenters. The van der Waals surface area contributed by atoms with Crippen molar-refractivity contribution in [3.63, 3.8) is 0 Å². The zero-order valence-electron chi connectivity index (χ0n) is 25.4. The van der Waals surface area contributed by atoms with Crippen molar-refractivity contribution in [2.45, 2.75) is 25.6 Å². The van der Waals surface area contributed by atoms with Crippen molar-refractivity contribution in [2.75, 3.05) is 33.0 Å². The molecule has 5 rings (SSSR count). The van der Waals surface area contributed by atoms with Crippen LogP contribution in [0.15, 0.2) is 109 Å². The number of carbonyl (C=O) groups is 1. The molecule has 4 aromatic carbocycles. The van der Waals surface area contributed by atoms with Crippen molar-refractivity contribution in [3.8, 4) is 33.9 Å². The highest BCUT2D eigenvalue weighted by Gasteiger charge is 2.30. The van der Waals surface area contributed by atoms with Crippen LogP contribution in [0.4, 0.5) is 13.2 Å². The van der Waals surface area contributed by atoms with Gasteiger partial charge in [0, 0.05) is 48.4 Å². The molecule has 1 aromatic heterocycles. The van der Waals surface area contributed by atoms with Gasteiger partial charge >= 0.3 is 6.18 Å². The summed E-state index contributed by atoms with van der Waals surface area (Å²) in [6.07, 6.45) is -3.48. The summed E-state index contributed by atoms with van der Waals surface area (Å²) in [4.78, 5) is 17.9. The van der Waals surface area contributed by atoms with Gasteiger partial charge in [0.15, 0.2) is 5.78 Å². The lowest BCUT2D eigenvalue weighted by atomic mass is 10.0. The van der Waals surface area contributed by atoms with Crippen LogP contribution in [0.2, 0.25) is 0 Å². The molecule has 0 amide bonds. The van der Waals surface area contributed by atoms with Gasteiger partial charge < -0.3 is 19.8 Å². The normalized spacial score (nSPS) is 11.6. The topological polar surface area (TPSA) is 79.4 Å². The second kappa shape index (κ2) is 15.6. The van der Waals surface area contributed by atoms with Gasteiger partial charge in [0.2, 0.25) is 0 Å². The number of benzene rings is 4. The SMILES string of the molecule is NCCOCCOCCCC(=O)c1ccc(Cn2c(-c3ccc(C(F)(F)F)cc3)nc(-c3ccccc3)c2-c2ccccc2)cc1. The summed E-state index contributed by atoms with van der Waals surface area (Å²) in [7, 11) is 0. The van der Waals surface area contributed by atoms with E-state index < -0.39 is 11.7 Å². The first kappa shape index (κ1) is 32.8. The Kier molecular flexibility index (Phi) is 11.1. The van der Waals surface area contributed by atoms with Crippen LogP contribution in [0.5, 0.6) is 0 Å². The van der Waals surface area contributed by atoms with Crippen LogP contribution in [0.25, 0.3) is 33.9 Å². The summed E-state index contributed by atoms with van der Waals surface area (Å²) in [5, 5.41) is 0. The van der Waals surface area contributed by atoms with Crippen LogP contribution in [-0.4, -0.2) is 48.3 Å². The van der Waals surface area contributed by atoms with E-state index in [0.717, 1.165) is 40.2 Å². The standard InChI is InChI=1S/C37H36F3N3O3/c38-37(39,40)32-19-17-31(18-20-32)36-42-34(29-8-3-1-4-9-29)35(30-10-5-2-6-11-30)43(36)26-27-13-15-28(16-14-27)33(44)12-7-22-45-24-25-46-23-21-41/h1-6,8-11,13-20H,7,12,21-26,41H2. The summed E-state index contributed by atoms with van der Waals surface area (Å²) in [6.45, 7) is 2.76. The second-order valence-electron chi connectivity index (χ2n) is 10.8. The van der Waals surface area contributed by atoms with E-state index in [-0.39, 0.29) is 5.78 Å². The number of carbonyl (C=O) groups excluding carboxylic acids is 1. The molecule has 0 spiro atoms. The first-order valence-electron chi connectivity index (χ1n) is 15.2. The van der Waals surface area contributed by atoms with E-state index >= 15 is 0 Å². The fourth-order valence-corrected chi connectivity index (χ4v) is 5.18. The number of ether oxygens (including phenoxy) is 2. The molecule has 2 N–H and O–H groups in total. The van der Waals surface area contributed by atoms with Crippen LogP contribution in [0.3, 0.4) is 0 Å². The summed E-state index contributed by atoms with van der Waals surface area (Å²) >= 11 is 0. The molecule has 0 saturated heterocycles. The van der Waals surface area contributed by atoms with E-state index in [2.05, 4.69) is 0 Å². The fourth-order valence-electron chi connectivity index (χ4n) is 5.18. The Bertz CT molecular complexity index is 1690. The molecule has 0 radical (unpaired) electrons. The summed E-state index contributed by atoms with van der Waals surface area (Å²) in [5.41, 5.74) is 10.1. The first-order valence-corrected chi connectivity index (χ1v) is 15.2. The smallest absolute Gasteiger partial charge is 0.379 e. The Morgan fingerprint density at radius 3 is 1.93 bits per heavy atom. The fraction of sp³-hybridized carbons (Fsp3) is 0.243. The largest absolute Gasteiger partial charge is 0.416 e. The number of halogens is 3. The van der Waals surface area contributed by atoms with E-state index in [9.17, 15) is 18.0 Å². The molecule has 1 heterocycles. The Labute approximate surface area is 266 Å². The minimum atomic E-state index is -4.44. The quantitative estimate of drug-likeness (QED) is 0.0943. The highest BCUT2D eigenvalue weighted by molar-refractivity contribution is 5.96. The Hall–Kier alpha value is -4.57. The number of alkyl halides is 3. The van der Waals surface area contributed by atoms with Gasteiger partial charge in [0.05, 0.1) is 36.8 Å². The predicted octanol–water partition coefficient (Wildman–Crippen LogP) is 7.91. The molecule has 0 aliphatic rings. The van der Waals surface area contributed by atoms with Gasteiger partial charge in [-0.2, -0.15) is 13.2 Å². The van der Waals surface area contributed by atoms with E-state index in [1.807, 2.05) is 89.5 Å². The lowest BCUT2D eigenvalue weighted by Gasteiger charge is -2.15. The predicted molar refractivity (Wildman–Crippen MR) is 173 cm³/mol. The minimum absolute atomic E-state index is 0.0268. The zero-order valence-corrected chi connectivity index (χ0v) is 25.4. The molecule has 0 aliphatic heterocycles. The number of hydrogen-bond donors (Lipinski definition) is 1. The Balaban J connectivity index is 1.43. The van der Waals surface area contributed by atoms with E-state index in [0.29, 0.717) is 69.3 Å². The van der Waals surface area contributed by atoms with Crippen molar-refractivity contribution in [1.82, 2.24) is 9.55 Å². The number of aromatic nitrogens is 2. The van der Waals surface area contributed by atoms with Crippen molar-refractivity contribution in [1.29, 1.82) is 0 Å². The molecule has 46 heavy (non-hydrogen) atoms. The van der Waals surface area contributed by atoms with Crippen LogP contribution in [0.1, 0.15) is 34.3 Å². The highest BCUT2D eigenvalue weighted by Crippen LogP contribution is 2.38. The number of Topliss-reactive ketones (excluding diaryl/α,β-unsaturated/α-hetero) is 1. The summed E-state index contributed by atoms with van der Waals surface area (Å²) < 4.78 is 53.0. The van der Waals surface area contributed by atoms with Crippen LogP contribution in [0, 0.1) is 0 Å². The number of ketones is 1. The van der Waals surface area contributed by atoms with Crippen LogP contribution < -0.4 is 5.73 Å². The van der Waals surface area contributed by atoms with Crippen molar-refractivity contribution >= 4 is 5.78 Å². The van der Waals surface area contributed by atoms with E-state index in [1.165, 1.54) is 12.1 Å². The molecule has 0 bridgehead atoms. The van der Waals surface area contributed by atoms with Gasteiger partial charge in [-0.3, -0.25) is 4.79 Å². The molecule has 0 fully saturated rings.